The topological polar surface area (TPSA) is 16.4 Å². The van der Waals surface area contributed by atoms with E-state index in [9.17, 15) is 0 Å². The fourth-order valence-electron chi connectivity index (χ4n) is 1.06. The Morgan fingerprint density at radius 2 is 2.17 bits per heavy atom. The molecular weight excluding hydrogens is 174 g/mol. The van der Waals surface area contributed by atoms with Gasteiger partial charge in [0.05, 0.1) is 0 Å². The summed E-state index contributed by atoms with van der Waals surface area (Å²) in [7, 11) is 4.13. The lowest BCUT2D eigenvalue weighted by atomic mass is 10.2. The molecule has 0 saturated carbocycles. The second kappa shape index (κ2) is 4.53. The van der Waals surface area contributed by atoms with Crippen molar-refractivity contribution in [2.75, 3.05) is 20.6 Å². The van der Waals surface area contributed by atoms with Gasteiger partial charge in [-0.15, -0.1) is 0 Å². The lowest BCUT2D eigenvalue weighted by Crippen LogP contribution is -2.13. The molecule has 1 heterocycles. The van der Waals surface area contributed by atoms with Crippen molar-refractivity contribution in [1.82, 2.24) is 4.90 Å². The summed E-state index contributed by atoms with van der Waals surface area (Å²) in [5.41, 5.74) is 0. The molecule has 0 N–H and O–H groups in total. The molecule has 0 aliphatic carbocycles. The van der Waals surface area contributed by atoms with Crippen LogP contribution in [0.3, 0.4) is 0 Å². The quantitative estimate of drug-likeness (QED) is 0.720. The van der Waals surface area contributed by atoms with E-state index >= 15 is 0 Å². The van der Waals surface area contributed by atoms with Crippen molar-refractivity contribution in [3.05, 3.63) is 23.1 Å². The van der Waals surface area contributed by atoms with Crippen LogP contribution in [0, 0.1) is 0 Å². The Balaban J connectivity index is 2.24. The van der Waals surface area contributed by atoms with E-state index in [1.165, 1.54) is 0 Å². The van der Waals surface area contributed by atoms with Gasteiger partial charge in [0.1, 0.15) is 5.76 Å². The zero-order valence-electron chi connectivity index (χ0n) is 7.51. The van der Waals surface area contributed by atoms with Gasteiger partial charge in [0.15, 0.2) is 5.22 Å². The summed E-state index contributed by atoms with van der Waals surface area (Å²) in [5, 5.41) is 0.481. The van der Waals surface area contributed by atoms with Crippen molar-refractivity contribution in [2.24, 2.45) is 0 Å². The van der Waals surface area contributed by atoms with E-state index in [0.29, 0.717) is 5.22 Å². The number of rotatable bonds is 4. The normalized spacial score (nSPS) is 11.0. The Hall–Kier alpha value is -0.470. The van der Waals surface area contributed by atoms with Crippen molar-refractivity contribution in [2.45, 2.75) is 12.8 Å². The molecule has 1 aromatic heterocycles. The van der Waals surface area contributed by atoms with Gasteiger partial charge < -0.3 is 9.32 Å². The summed E-state index contributed by atoms with van der Waals surface area (Å²) in [4.78, 5) is 2.16. The molecule has 2 nitrogen and oxygen atoms in total. The van der Waals surface area contributed by atoms with E-state index in [-0.39, 0.29) is 0 Å². The molecule has 0 aliphatic rings. The number of hydrogen-bond donors (Lipinski definition) is 0. The molecule has 0 fully saturated rings. The first-order chi connectivity index (χ1) is 5.68. The highest BCUT2D eigenvalue weighted by atomic mass is 35.5. The molecule has 68 valence electrons. The summed E-state index contributed by atoms with van der Waals surface area (Å²) in [6.45, 7) is 1.08. The number of hydrogen-bond acceptors (Lipinski definition) is 2. The smallest absolute Gasteiger partial charge is 0.193 e. The van der Waals surface area contributed by atoms with Gasteiger partial charge >= 0.3 is 0 Å². The third-order valence-corrected chi connectivity index (χ3v) is 1.86. The zero-order chi connectivity index (χ0) is 8.97. The lowest BCUT2D eigenvalue weighted by molar-refractivity contribution is 0.390. The summed E-state index contributed by atoms with van der Waals surface area (Å²) in [6.07, 6.45) is 2.07. The number of halogens is 1. The third-order valence-electron chi connectivity index (χ3n) is 1.66. The number of aryl methyl sites for hydroxylation is 1. The highest BCUT2D eigenvalue weighted by Crippen LogP contribution is 2.14. The maximum Gasteiger partial charge on any atom is 0.193 e. The van der Waals surface area contributed by atoms with Gasteiger partial charge in [-0.3, -0.25) is 0 Å². The highest BCUT2D eigenvalue weighted by molar-refractivity contribution is 6.28. The van der Waals surface area contributed by atoms with E-state index in [2.05, 4.69) is 19.0 Å². The van der Waals surface area contributed by atoms with Gasteiger partial charge in [-0.05, 0) is 50.8 Å². The second-order valence-electron chi connectivity index (χ2n) is 3.11. The Labute approximate surface area is 78.1 Å². The minimum atomic E-state index is 0.481. The van der Waals surface area contributed by atoms with Crippen molar-refractivity contribution in [1.29, 1.82) is 0 Å². The fraction of sp³-hybridized carbons (Fsp3) is 0.556. The Kier molecular flexibility index (Phi) is 3.63. The summed E-state index contributed by atoms with van der Waals surface area (Å²) in [6, 6.07) is 3.71. The molecule has 0 unspecified atom stereocenters. The predicted octanol–water partition coefficient (Wildman–Crippen LogP) is 2.43. The molecule has 0 atom stereocenters. The lowest BCUT2D eigenvalue weighted by Gasteiger charge is -2.07. The zero-order valence-corrected chi connectivity index (χ0v) is 8.27. The van der Waals surface area contributed by atoms with Crippen LogP contribution in [0.15, 0.2) is 16.5 Å². The van der Waals surface area contributed by atoms with Crippen LogP contribution < -0.4 is 0 Å². The second-order valence-corrected chi connectivity index (χ2v) is 3.49. The Morgan fingerprint density at radius 1 is 1.42 bits per heavy atom. The van der Waals surface area contributed by atoms with Crippen molar-refractivity contribution >= 4 is 11.6 Å². The summed E-state index contributed by atoms with van der Waals surface area (Å²) in [5.74, 6) is 0.974. The fourth-order valence-corrected chi connectivity index (χ4v) is 1.22. The van der Waals surface area contributed by atoms with E-state index in [4.69, 9.17) is 16.0 Å². The van der Waals surface area contributed by atoms with Gasteiger partial charge in [-0.25, -0.2) is 0 Å². The van der Waals surface area contributed by atoms with Gasteiger partial charge in [-0.2, -0.15) is 0 Å². The molecule has 0 bridgehead atoms. The average molecular weight is 188 g/mol. The summed E-state index contributed by atoms with van der Waals surface area (Å²) >= 11 is 5.62. The molecule has 0 saturated heterocycles. The van der Waals surface area contributed by atoms with Crippen LogP contribution in [0.5, 0.6) is 0 Å². The van der Waals surface area contributed by atoms with Crippen LogP contribution in [0.25, 0.3) is 0 Å². The van der Waals surface area contributed by atoms with Crippen LogP contribution in [0.2, 0.25) is 5.22 Å². The third kappa shape index (κ3) is 3.28. The largest absolute Gasteiger partial charge is 0.450 e. The van der Waals surface area contributed by atoms with E-state index in [0.717, 1.165) is 25.1 Å². The van der Waals surface area contributed by atoms with Gasteiger partial charge in [0.2, 0.25) is 0 Å². The van der Waals surface area contributed by atoms with Crippen molar-refractivity contribution in [3.8, 4) is 0 Å². The van der Waals surface area contributed by atoms with Gasteiger partial charge in [0.25, 0.3) is 0 Å². The van der Waals surface area contributed by atoms with Gasteiger partial charge in [-0.1, -0.05) is 0 Å². The number of nitrogens with zero attached hydrogens (tertiary/aromatic N) is 1. The highest BCUT2D eigenvalue weighted by Gasteiger charge is 1.99. The average Bonchev–Trinajstić information content (AvgIpc) is 2.35. The minimum Gasteiger partial charge on any atom is -0.450 e. The Morgan fingerprint density at radius 3 is 2.67 bits per heavy atom. The molecule has 12 heavy (non-hydrogen) atoms. The van der Waals surface area contributed by atoms with Crippen LogP contribution in [0.1, 0.15) is 12.2 Å². The molecule has 0 amide bonds. The van der Waals surface area contributed by atoms with Crippen LogP contribution in [0.4, 0.5) is 0 Å². The van der Waals surface area contributed by atoms with E-state index < -0.39 is 0 Å². The van der Waals surface area contributed by atoms with Crippen LogP contribution >= 0.6 is 11.6 Å². The predicted molar refractivity (Wildman–Crippen MR) is 50.6 cm³/mol. The molecule has 3 heteroatoms. The minimum absolute atomic E-state index is 0.481. The maximum absolute atomic E-state index is 5.62. The molecule has 1 aromatic rings. The van der Waals surface area contributed by atoms with Crippen LogP contribution in [-0.2, 0) is 6.42 Å². The molecule has 0 aromatic carbocycles. The monoisotopic (exact) mass is 187 g/mol. The van der Waals surface area contributed by atoms with Gasteiger partial charge in [0, 0.05) is 6.42 Å². The number of furan rings is 1. The SMILES string of the molecule is CN(C)CCCc1ccc(Cl)o1. The summed E-state index contributed by atoms with van der Waals surface area (Å²) < 4.78 is 5.21. The van der Waals surface area contributed by atoms with Crippen LogP contribution in [-0.4, -0.2) is 25.5 Å². The molecule has 0 aliphatic heterocycles. The molecule has 0 spiro atoms. The Bertz CT molecular complexity index is 232. The first-order valence-corrected chi connectivity index (χ1v) is 4.45. The van der Waals surface area contributed by atoms with Crippen molar-refractivity contribution in [3.63, 3.8) is 0 Å². The first kappa shape index (κ1) is 9.62. The molecule has 0 radical (unpaired) electrons. The standard InChI is InChI=1S/C9H14ClNO/c1-11(2)7-3-4-8-5-6-9(10)12-8/h5-6H,3-4,7H2,1-2H3. The molecular formula is C9H14ClNO. The molecule has 1 rings (SSSR count). The maximum atomic E-state index is 5.62. The van der Waals surface area contributed by atoms with E-state index in [1.807, 2.05) is 6.07 Å². The van der Waals surface area contributed by atoms with Crippen molar-refractivity contribution < 1.29 is 4.42 Å². The van der Waals surface area contributed by atoms with E-state index in [1.54, 1.807) is 6.07 Å². The first-order valence-electron chi connectivity index (χ1n) is 4.07.